The highest BCUT2D eigenvalue weighted by molar-refractivity contribution is 7.90. The van der Waals surface area contributed by atoms with Gasteiger partial charge in [0.2, 0.25) is 0 Å². The number of sulfone groups is 1. The Labute approximate surface area is 120 Å². The van der Waals surface area contributed by atoms with Gasteiger partial charge in [0.25, 0.3) is 0 Å². The Hall–Kier alpha value is -1.65. The highest BCUT2D eigenvalue weighted by Crippen LogP contribution is 2.25. The first-order chi connectivity index (χ1) is 9.30. The first-order valence-electron chi connectivity index (χ1n) is 6.42. The minimum absolute atomic E-state index is 0.247. The van der Waals surface area contributed by atoms with Gasteiger partial charge in [0.15, 0.2) is 9.84 Å². The van der Waals surface area contributed by atoms with Crippen LogP contribution < -0.4 is 5.73 Å². The number of aryl methyl sites for hydroxylation is 1. The van der Waals surface area contributed by atoms with Gasteiger partial charge in [-0.15, -0.1) is 0 Å². The van der Waals surface area contributed by atoms with Crippen LogP contribution >= 0.6 is 0 Å². The molecule has 0 radical (unpaired) electrons. The fraction of sp³-hybridized carbons (Fsp3) is 0.250. The predicted molar refractivity (Wildman–Crippen MR) is 81.5 cm³/mol. The molecule has 0 saturated carbocycles. The molecule has 20 heavy (non-hydrogen) atoms. The Balaban J connectivity index is 2.39. The molecule has 0 fully saturated rings. The Morgan fingerprint density at radius 1 is 1.00 bits per heavy atom. The smallest absolute Gasteiger partial charge is 0.175 e. The highest BCUT2D eigenvalue weighted by Gasteiger charge is 2.13. The number of hydrogen-bond acceptors (Lipinski definition) is 3. The lowest BCUT2D eigenvalue weighted by Gasteiger charge is -2.17. The summed E-state index contributed by atoms with van der Waals surface area (Å²) in [6.07, 6.45) is 1.20. The second-order valence-electron chi connectivity index (χ2n) is 5.11. The van der Waals surface area contributed by atoms with Gasteiger partial charge in [-0.2, -0.15) is 0 Å². The van der Waals surface area contributed by atoms with Crippen molar-refractivity contribution >= 4 is 9.84 Å². The molecule has 0 aliphatic carbocycles. The molecule has 0 saturated heterocycles. The third-order valence-electron chi connectivity index (χ3n) is 3.65. The third kappa shape index (κ3) is 2.92. The lowest BCUT2D eigenvalue weighted by Crippen LogP contribution is -2.14. The summed E-state index contributed by atoms with van der Waals surface area (Å²) >= 11 is 0. The molecule has 2 rings (SSSR count). The predicted octanol–water partition coefficient (Wildman–Crippen LogP) is 2.76. The van der Waals surface area contributed by atoms with Crippen molar-refractivity contribution in [2.75, 3.05) is 6.26 Å². The molecule has 0 aliphatic rings. The van der Waals surface area contributed by atoms with Crippen LogP contribution in [0.4, 0.5) is 0 Å². The molecule has 0 bridgehead atoms. The summed E-state index contributed by atoms with van der Waals surface area (Å²) in [6, 6.07) is 12.6. The Morgan fingerprint density at radius 3 is 2.15 bits per heavy atom. The van der Waals surface area contributed by atoms with E-state index in [0.29, 0.717) is 4.90 Å². The molecule has 0 spiro atoms. The summed E-state index contributed by atoms with van der Waals surface area (Å²) in [5.41, 5.74) is 10.6. The summed E-state index contributed by atoms with van der Waals surface area (Å²) in [6.45, 7) is 4.10. The maximum atomic E-state index is 11.5. The van der Waals surface area contributed by atoms with Crippen LogP contribution in [0.25, 0.3) is 0 Å². The molecule has 1 atom stereocenters. The van der Waals surface area contributed by atoms with E-state index < -0.39 is 9.84 Å². The van der Waals surface area contributed by atoms with E-state index >= 15 is 0 Å². The molecular formula is C16H19NO2S. The van der Waals surface area contributed by atoms with E-state index in [-0.39, 0.29) is 6.04 Å². The van der Waals surface area contributed by atoms with Crippen LogP contribution in [0.3, 0.4) is 0 Å². The lowest BCUT2D eigenvalue weighted by molar-refractivity contribution is 0.602. The topological polar surface area (TPSA) is 60.2 Å². The molecular weight excluding hydrogens is 270 g/mol. The van der Waals surface area contributed by atoms with E-state index in [2.05, 4.69) is 19.9 Å². The minimum atomic E-state index is -3.17. The zero-order chi connectivity index (χ0) is 14.9. The largest absolute Gasteiger partial charge is 0.320 e. The molecule has 1 unspecified atom stereocenters. The fourth-order valence-corrected chi connectivity index (χ4v) is 2.84. The summed E-state index contributed by atoms with van der Waals surface area (Å²) in [5, 5.41) is 0. The Morgan fingerprint density at radius 2 is 1.60 bits per heavy atom. The molecule has 3 nitrogen and oxygen atoms in total. The van der Waals surface area contributed by atoms with Crippen LogP contribution in [-0.2, 0) is 9.84 Å². The summed E-state index contributed by atoms with van der Waals surface area (Å²) in [5.74, 6) is 0. The molecule has 0 aromatic heterocycles. The Kier molecular flexibility index (Phi) is 3.97. The SMILES string of the molecule is Cc1cccc(C(N)c2ccc(S(C)(=O)=O)cc2)c1C. The van der Waals surface area contributed by atoms with Gasteiger partial charge in [0, 0.05) is 6.26 Å². The van der Waals surface area contributed by atoms with Gasteiger partial charge in [-0.05, 0) is 48.2 Å². The highest BCUT2D eigenvalue weighted by atomic mass is 32.2. The van der Waals surface area contributed by atoms with Crippen LogP contribution in [0.1, 0.15) is 28.3 Å². The molecule has 0 heterocycles. The molecule has 0 aliphatic heterocycles. The molecule has 2 aromatic rings. The van der Waals surface area contributed by atoms with Crippen molar-refractivity contribution in [3.8, 4) is 0 Å². The Bertz CT molecular complexity index is 719. The van der Waals surface area contributed by atoms with Crippen molar-refractivity contribution in [1.82, 2.24) is 0 Å². The monoisotopic (exact) mass is 289 g/mol. The number of benzene rings is 2. The second kappa shape index (κ2) is 5.38. The van der Waals surface area contributed by atoms with Crippen LogP contribution in [0.2, 0.25) is 0 Å². The summed E-state index contributed by atoms with van der Waals surface area (Å²) in [7, 11) is -3.17. The number of hydrogen-bond donors (Lipinski definition) is 1. The standard InChI is InChI=1S/C16H19NO2S/c1-11-5-4-6-15(12(11)2)16(17)13-7-9-14(10-8-13)20(3,18)19/h4-10,16H,17H2,1-3H3. The number of rotatable bonds is 3. The van der Waals surface area contributed by atoms with E-state index in [1.807, 2.05) is 12.1 Å². The van der Waals surface area contributed by atoms with Gasteiger partial charge in [-0.3, -0.25) is 0 Å². The molecule has 106 valence electrons. The third-order valence-corrected chi connectivity index (χ3v) is 4.78. The van der Waals surface area contributed by atoms with Gasteiger partial charge >= 0.3 is 0 Å². The first-order valence-corrected chi connectivity index (χ1v) is 8.31. The maximum absolute atomic E-state index is 11.5. The van der Waals surface area contributed by atoms with E-state index in [1.165, 1.54) is 17.4 Å². The average Bonchev–Trinajstić information content (AvgIpc) is 2.40. The van der Waals surface area contributed by atoms with Crippen LogP contribution in [0.5, 0.6) is 0 Å². The van der Waals surface area contributed by atoms with E-state index in [4.69, 9.17) is 5.73 Å². The molecule has 4 heteroatoms. The summed E-state index contributed by atoms with van der Waals surface area (Å²) < 4.78 is 22.9. The second-order valence-corrected chi connectivity index (χ2v) is 7.12. The van der Waals surface area contributed by atoms with Gasteiger partial charge in [0.05, 0.1) is 10.9 Å². The quantitative estimate of drug-likeness (QED) is 0.945. The van der Waals surface area contributed by atoms with Crippen LogP contribution in [-0.4, -0.2) is 14.7 Å². The maximum Gasteiger partial charge on any atom is 0.175 e. The van der Waals surface area contributed by atoms with Crippen molar-refractivity contribution in [2.24, 2.45) is 5.73 Å². The van der Waals surface area contributed by atoms with Gasteiger partial charge in [-0.1, -0.05) is 30.3 Å². The van der Waals surface area contributed by atoms with Crippen LogP contribution in [0.15, 0.2) is 47.4 Å². The first kappa shape index (κ1) is 14.8. The minimum Gasteiger partial charge on any atom is -0.320 e. The van der Waals surface area contributed by atoms with E-state index in [9.17, 15) is 8.42 Å². The average molecular weight is 289 g/mol. The van der Waals surface area contributed by atoms with Crippen LogP contribution in [0, 0.1) is 13.8 Å². The molecule has 0 amide bonds. The normalized spacial score (nSPS) is 13.2. The van der Waals surface area contributed by atoms with E-state index in [1.54, 1.807) is 24.3 Å². The molecule has 2 aromatic carbocycles. The zero-order valence-electron chi connectivity index (χ0n) is 11.9. The lowest BCUT2D eigenvalue weighted by atomic mass is 9.93. The number of nitrogens with two attached hydrogens (primary N) is 1. The fourth-order valence-electron chi connectivity index (χ4n) is 2.21. The van der Waals surface area contributed by atoms with Gasteiger partial charge in [-0.25, -0.2) is 8.42 Å². The van der Waals surface area contributed by atoms with Gasteiger partial charge in [0.1, 0.15) is 0 Å². The van der Waals surface area contributed by atoms with Crippen molar-refractivity contribution in [2.45, 2.75) is 24.8 Å². The molecule has 2 N–H and O–H groups in total. The van der Waals surface area contributed by atoms with Crippen molar-refractivity contribution in [1.29, 1.82) is 0 Å². The summed E-state index contributed by atoms with van der Waals surface area (Å²) in [4.78, 5) is 0.314. The van der Waals surface area contributed by atoms with Crippen molar-refractivity contribution in [3.05, 3.63) is 64.7 Å². The van der Waals surface area contributed by atoms with Gasteiger partial charge < -0.3 is 5.73 Å². The van der Waals surface area contributed by atoms with Crippen molar-refractivity contribution < 1.29 is 8.42 Å². The van der Waals surface area contributed by atoms with E-state index in [0.717, 1.165) is 11.1 Å². The zero-order valence-corrected chi connectivity index (χ0v) is 12.7. The van der Waals surface area contributed by atoms with Crippen molar-refractivity contribution in [3.63, 3.8) is 0 Å².